The van der Waals surface area contributed by atoms with E-state index in [2.05, 4.69) is 4.98 Å². The summed E-state index contributed by atoms with van der Waals surface area (Å²) in [6.45, 7) is -0.201. The summed E-state index contributed by atoms with van der Waals surface area (Å²) in [6.07, 6.45) is 1.61. The number of hydrogen-bond acceptors (Lipinski definition) is 3. The second-order valence-corrected chi connectivity index (χ2v) is 3.57. The second-order valence-electron chi connectivity index (χ2n) is 3.57. The van der Waals surface area contributed by atoms with Crippen LogP contribution in [-0.2, 0) is 6.61 Å². The quantitative estimate of drug-likeness (QED) is 0.885. The Morgan fingerprint density at radius 1 is 1.35 bits per heavy atom. The molecule has 0 unspecified atom stereocenters. The fourth-order valence-corrected chi connectivity index (χ4v) is 1.67. The highest BCUT2D eigenvalue weighted by Gasteiger charge is 2.08. The van der Waals surface area contributed by atoms with Crippen molar-refractivity contribution in [3.05, 3.63) is 47.9 Å². The topological polar surface area (TPSA) is 42.4 Å². The molecule has 88 valence electrons. The lowest BCUT2D eigenvalue weighted by molar-refractivity contribution is 0.281. The zero-order valence-electron chi connectivity index (χ0n) is 9.35. The average molecular weight is 233 g/mol. The average Bonchev–Trinajstić information content (AvgIpc) is 2.37. The van der Waals surface area contributed by atoms with Crippen LogP contribution in [0.25, 0.3) is 11.1 Å². The van der Waals surface area contributed by atoms with Crippen molar-refractivity contribution >= 4 is 0 Å². The van der Waals surface area contributed by atoms with Crippen LogP contribution in [0.3, 0.4) is 0 Å². The number of methoxy groups -OCH3 is 1. The Bertz CT molecular complexity index is 529. The molecule has 1 heterocycles. The molecule has 0 saturated carbocycles. The molecule has 0 aliphatic rings. The molecule has 0 aliphatic carbocycles. The van der Waals surface area contributed by atoms with Crippen LogP contribution in [0.15, 0.2) is 36.5 Å². The first-order valence-corrected chi connectivity index (χ1v) is 5.14. The molecular weight excluding hydrogens is 221 g/mol. The second kappa shape index (κ2) is 4.93. The third-order valence-electron chi connectivity index (χ3n) is 2.42. The van der Waals surface area contributed by atoms with E-state index in [0.717, 1.165) is 0 Å². The Balaban J connectivity index is 2.55. The van der Waals surface area contributed by atoms with Crippen LogP contribution in [-0.4, -0.2) is 17.2 Å². The van der Waals surface area contributed by atoms with Gasteiger partial charge in [-0.25, -0.2) is 9.37 Å². The number of aromatic nitrogens is 1. The van der Waals surface area contributed by atoms with E-state index in [-0.39, 0.29) is 6.61 Å². The van der Waals surface area contributed by atoms with Gasteiger partial charge in [-0.05, 0) is 41.5 Å². The number of aliphatic hydroxyl groups excluding tert-OH is 1. The van der Waals surface area contributed by atoms with Crippen molar-refractivity contribution in [3.63, 3.8) is 0 Å². The molecule has 17 heavy (non-hydrogen) atoms. The molecule has 0 fully saturated rings. The minimum atomic E-state index is -0.391. The van der Waals surface area contributed by atoms with E-state index >= 15 is 0 Å². The van der Waals surface area contributed by atoms with Gasteiger partial charge in [0.05, 0.1) is 13.7 Å². The summed E-state index contributed by atoms with van der Waals surface area (Å²) in [6, 6.07) is 7.94. The molecule has 1 N–H and O–H groups in total. The van der Waals surface area contributed by atoms with Crippen molar-refractivity contribution in [1.82, 2.24) is 4.98 Å². The summed E-state index contributed by atoms with van der Waals surface area (Å²) in [5.41, 5.74) is 1.86. The number of rotatable bonds is 3. The first-order valence-electron chi connectivity index (χ1n) is 5.14. The minimum Gasteiger partial charge on any atom is -0.481 e. The van der Waals surface area contributed by atoms with Crippen LogP contribution in [0.2, 0.25) is 0 Å². The van der Waals surface area contributed by atoms with E-state index in [4.69, 9.17) is 9.84 Å². The van der Waals surface area contributed by atoms with Gasteiger partial charge in [0, 0.05) is 11.8 Å². The molecule has 0 atom stereocenters. The summed E-state index contributed by atoms with van der Waals surface area (Å²) in [5.74, 6) is 0.0412. The highest BCUT2D eigenvalue weighted by Crippen LogP contribution is 2.28. The molecule has 1 aromatic heterocycles. The van der Waals surface area contributed by atoms with Gasteiger partial charge < -0.3 is 9.84 Å². The van der Waals surface area contributed by atoms with Gasteiger partial charge in [0.15, 0.2) is 0 Å². The number of benzene rings is 1. The monoisotopic (exact) mass is 233 g/mol. The Kier molecular flexibility index (Phi) is 3.35. The molecule has 0 saturated heterocycles. The van der Waals surface area contributed by atoms with Crippen LogP contribution in [0.1, 0.15) is 5.56 Å². The van der Waals surface area contributed by atoms with Crippen LogP contribution in [0.5, 0.6) is 5.88 Å². The van der Waals surface area contributed by atoms with Crippen LogP contribution in [0, 0.1) is 5.82 Å². The van der Waals surface area contributed by atoms with E-state index in [1.54, 1.807) is 24.4 Å². The SMILES string of the molecule is COc1ncccc1-c1cc(F)cc(CO)c1. The van der Waals surface area contributed by atoms with Gasteiger partial charge in [-0.3, -0.25) is 0 Å². The molecule has 0 spiro atoms. The van der Waals surface area contributed by atoms with E-state index in [1.165, 1.54) is 19.2 Å². The van der Waals surface area contributed by atoms with E-state index in [9.17, 15) is 4.39 Å². The Labute approximate surface area is 98.5 Å². The third-order valence-corrected chi connectivity index (χ3v) is 2.42. The number of ether oxygens (including phenoxy) is 1. The van der Waals surface area contributed by atoms with E-state index in [0.29, 0.717) is 22.6 Å². The van der Waals surface area contributed by atoms with Crippen molar-refractivity contribution in [2.45, 2.75) is 6.61 Å². The maximum atomic E-state index is 13.4. The van der Waals surface area contributed by atoms with E-state index in [1.807, 2.05) is 0 Å². The summed E-state index contributed by atoms with van der Waals surface area (Å²) >= 11 is 0. The van der Waals surface area contributed by atoms with Crippen molar-refractivity contribution in [1.29, 1.82) is 0 Å². The summed E-state index contributed by atoms with van der Waals surface area (Å²) in [7, 11) is 1.51. The standard InChI is InChI=1S/C13H12FNO2/c1-17-13-12(3-2-4-15-13)10-5-9(8-16)6-11(14)7-10/h2-7,16H,8H2,1H3. The van der Waals surface area contributed by atoms with Gasteiger partial charge in [-0.2, -0.15) is 0 Å². The maximum absolute atomic E-state index is 13.4. The third kappa shape index (κ3) is 2.42. The van der Waals surface area contributed by atoms with Crippen molar-refractivity contribution < 1.29 is 14.2 Å². The lowest BCUT2D eigenvalue weighted by atomic mass is 10.0. The molecular formula is C13H12FNO2. The molecule has 2 rings (SSSR count). The summed E-state index contributed by atoms with van der Waals surface area (Å²) in [4.78, 5) is 4.05. The fraction of sp³-hybridized carbons (Fsp3) is 0.154. The van der Waals surface area contributed by atoms with Gasteiger partial charge in [0.2, 0.25) is 5.88 Å². The highest BCUT2D eigenvalue weighted by atomic mass is 19.1. The number of aliphatic hydroxyl groups is 1. The molecule has 1 aromatic carbocycles. The van der Waals surface area contributed by atoms with Gasteiger partial charge >= 0.3 is 0 Å². The maximum Gasteiger partial charge on any atom is 0.221 e. The number of pyridine rings is 1. The lowest BCUT2D eigenvalue weighted by Gasteiger charge is -2.08. The minimum absolute atomic E-state index is 0.201. The predicted octanol–water partition coefficient (Wildman–Crippen LogP) is 2.39. The summed E-state index contributed by atoms with van der Waals surface area (Å²) in [5, 5.41) is 9.05. The zero-order valence-corrected chi connectivity index (χ0v) is 9.35. The van der Waals surface area contributed by atoms with Gasteiger partial charge in [-0.15, -0.1) is 0 Å². The summed E-state index contributed by atoms with van der Waals surface area (Å²) < 4.78 is 18.5. The molecule has 3 nitrogen and oxygen atoms in total. The van der Waals surface area contributed by atoms with Crippen LogP contribution in [0.4, 0.5) is 4.39 Å². The van der Waals surface area contributed by atoms with E-state index < -0.39 is 5.82 Å². The van der Waals surface area contributed by atoms with Gasteiger partial charge in [0.1, 0.15) is 5.82 Å². The molecule has 0 aliphatic heterocycles. The lowest BCUT2D eigenvalue weighted by Crippen LogP contribution is -1.93. The van der Waals surface area contributed by atoms with Gasteiger partial charge in [0.25, 0.3) is 0 Å². The van der Waals surface area contributed by atoms with Crippen LogP contribution < -0.4 is 4.74 Å². The zero-order chi connectivity index (χ0) is 12.3. The number of halogens is 1. The van der Waals surface area contributed by atoms with Crippen LogP contribution >= 0.6 is 0 Å². The Morgan fingerprint density at radius 3 is 2.88 bits per heavy atom. The van der Waals surface area contributed by atoms with Crippen molar-refractivity contribution in [3.8, 4) is 17.0 Å². The fourth-order valence-electron chi connectivity index (χ4n) is 1.67. The highest BCUT2D eigenvalue weighted by molar-refractivity contribution is 5.69. The molecule has 0 radical (unpaired) electrons. The molecule has 0 bridgehead atoms. The van der Waals surface area contributed by atoms with Crippen molar-refractivity contribution in [2.24, 2.45) is 0 Å². The predicted molar refractivity (Wildman–Crippen MR) is 62.1 cm³/mol. The smallest absolute Gasteiger partial charge is 0.221 e. The number of nitrogens with zero attached hydrogens (tertiary/aromatic N) is 1. The Hall–Kier alpha value is -1.94. The first-order chi connectivity index (χ1) is 8.24. The number of hydrogen-bond donors (Lipinski definition) is 1. The molecule has 0 amide bonds. The molecule has 2 aromatic rings. The van der Waals surface area contributed by atoms with Crippen molar-refractivity contribution in [2.75, 3.05) is 7.11 Å². The van der Waals surface area contributed by atoms with Gasteiger partial charge in [-0.1, -0.05) is 0 Å². The largest absolute Gasteiger partial charge is 0.481 e. The Morgan fingerprint density at radius 2 is 2.18 bits per heavy atom. The normalized spacial score (nSPS) is 10.3. The molecule has 4 heteroatoms. The first kappa shape index (κ1) is 11.5.